The molecule has 2 saturated carbocycles. The highest BCUT2D eigenvalue weighted by Gasteiger charge is 2.35. The van der Waals surface area contributed by atoms with Gasteiger partial charge in [-0.05, 0) is 56.7 Å². The molecule has 30 heavy (non-hydrogen) atoms. The lowest BCUT2D eigenvalue weighted by molar-refractivity contribution is -0.144. The smallest absolute Gasteiger partial charge is 0.367 e. The average Bonchev–Trinajstić information content (AvgIpc) is 3.48. The molecule has 5 rings (SSSR count). The number of alkyl halides is 3. The highest BCUT2D eigenvalue weighted by Crippen LogP contribution is 2.38. The van der Waals surface area contributed by atoms with Crippen LogP contribution in [-0.2, 0) is 6.18 Å². The molecule has 0 radical (unpaired) electrons. The Balaban J connectivity index is 1.18. The molecule has 0 atom stereocenters. The normalized spacial score (nSPS) is 22.2. The maximum absolute atomic E-state index is 12.8. The molecule has 2 fully saturated rings. The lowest BCUT2D eigenvalue weighted by atomic mass is 9.91. The van der Waals surface area contributed by atoms with Gasteiger partial charge < -0.3 is 10.6 Å². The van der Waals surface area contributed by atoms with Gasteiger partial charge in [-0.1, -0.05) is 0 Å². The number of rotatable bonds is 5. The lowest BCUT2D eigenvalue weighted by Crippen LogP contribution is -2.33. The molecular formula is C19H21F3N8. The minimum atomic E-state index is -4.54. The average molecular weight is 418 g/mol. The van der Waals surface area contributed by atoms with E-state index in [-0.39, 0.29) is 17.9 Å². The van der Waals surface area contributed by atoms with Crippen LogP contribution in [0.15, 0.2) is 24.4 Å². The van der Waals surface area contributed by atoms with E-state index in [0.717, 1.165) is 62.0 Å². The van der Waals surface area contributed by atoms with Crippen molar-refractivity contribution in [2.24, 2.45) is 0 Å². The van der Waals surface area contributed by atoms with Gasteiger partial charge in [-0.15, -0.1) is 15.3 Å². The fraction of sp³-hybridized carbons (Fsp3) is 0.526. The van der Waals surface area contributed by atoms with Crippen LogP contribution in [0.25, 0.3) is 5.65 Å². The zero-order chi connectivity index (χ0) is 20.7. The first-order valence-corrected chi connectivity index (χ1v) is 10.1. The minimum Gasteiger partial charge on any atom is -0.367 e. The van der Waals surface area contributed by atoms with Crippen molar-refractivity contribution in [3.8, 4) is 0 Å². The highest BCUT2D eigenvalue weighted by atomic mass is 19.4. The molecule has 3 aromatic heterocycles. The fourth-order valence-corrected chi connectivity index (χ4v) is 3.85. The molecule has 2 N–H and O–H groups in total. The van der Waals surface area contributed by atoms with E-state index in [1.165, 1.54) is 6.07 Å². The van der Waals surface area contributed by atoms with Crippen LogP contribution in [0.4, 0.5) is 24.8 Å². The van der Waals surface area contributed by atoms with Gasteiger partial charge in [-0.2, -0.15) is 17.7 Å². The van der Waals surface area contributed by atoms with Crippen LogP contribution in [0.2, 0.25) is 0 Å². The van der Waals surface area contributed by atoms with E-state index in [4.69, 9.17) is 0 Å². The van der Waals surface area contributed by atoms with Crippen molar-refractivity contribution < 1.29 is 13.2 Å². The van der Waals surface area contributed by atoms with Crippen LogP contribution >= 0.6 is 0 Å². The van der Waals surface area contributed by atoms with Crippen LogP contribution in [0.3, 0.4) is 0 Å². The number of hydrogen-bond donors (Lipinski definition) is 2. The van der Waals surface area contributed by atoms with E-state index in [1.54, 1.807) is 0 Å². The van der Waals surface area contributed by atoms with Gasteiger partial charge in [0.15, 0.2) is 11.5 Å². The molecule has 0 saturated heterocycles. The Morgan fingerprint density at radius 1 is 0.867 bits per heavy atom. The molecule has 0 amide bonds. The summed E-state index contributed by atoms with van der Waals surface area (Å²) in [5.41, 5.74) is 0.749. The Bertz CT molecular complexity index is 1040. The number of nitrogens with zero attached hydrogens (tertiary/aromatic N) is 6. The topological polar surface area (TPSA) is 92.9 Å². The predicted octanol–water partition coefficient (Wildman–Crippen LogP) is 3.65. The first kappa shape index (κ1) is 19.0. The standard InChI is InChI=1S/C19H21F3N8/c20-19(21,22)18-23-10-9-14(26-18)24-12-3-5-13(6-4-12)25-15-7-8-16-27-28-17(11-1-2-11)30(16)29-15/h7-13H,1-6H2,(H,25,29)(H,23,24,26). The third-order valence-corrected chi connectivity index (χ3v) is 5.57. The monoisotopic (exact) mass is 418 g/mol. The van der Waals surface area contributed by atoms with Gasteiger partial charge in [0.05, 0.1) is 0 Å². The van der Waals surface area contributed by atoms with Crippen LogP contribution < -0.4 is 10.6 Å². The van der Waals surface area contributed by atoms with E-state index in [2.05, 4.69) is 35.9 Å². The van der Waals surface area contributed by atoms with E-state index >= 15 is 0 Å². The number of aromatic nitrogens is 6. The SMILES string of the molecule is FC(F)(F)c1nccc(NC2CCC(Nc3ccc4nnc(C5CC5)n4n3)CC2)n1. The van der Waals surface area contributed by atoms with E-state index in [9.17, 15) is 13.2 Å². The first-order chi connectivity index (χ1) is 14.5. The maximum Gasteiger partial charge on any atom is 0.451 e. The summed E-state index contributed by atoms with van der Waals surface area (Å²) < 4.78 is 40.2. The first-order valence-electron chi connectivity index (χ1n) is 10.1. The summed E-state index contributed by atoms with van der Waals surface area (Å²) in [6.07, 6.45) is 2.27. The van der Waals surface area contributed by atoms with Crippen molar-refractivity contribution in [2.75, 3.05) is 10.6 Å². The lowest BCUT2D eigenvalue weighted by Gasteiger charge is -2.30. The van der Waals surface area contributed by atoms with E-state index < -0.39 is 12.0 Å². The van der Waals surface area contributed by atoms with Crippen molar-refractivity contribution >= 4 is 17.3 Å². The molecule has 0 bridgehead atoms. The summed E-state index contributed by atoms with van der Waals surface area (Å²) in [7, 11) is 0. The zero-order valence-corrected chi connectivity index (χ0v) is 16.1. The van der Waals surface area contributed by atoms with Crippen molar-refractivity contribution in [1.29, 1.82) is 0 Å². The van der Waals surface area contributed by atoms with Gasteiger partial charge in [-0.3, -0.25) is 0 Å². The van der Waals surface area contributed by atoms with Gasteiger partial charge in [0.2, 0.25) is 5.82 Å². The molecule has 3 heterocycles. The number of anilines is 2. The maximum atomic E-state index is 12.8. The number of fused-ring (bicyclic) bond motifs is 1. The van der Waals surface area contributed by atoms with Crippen LogP contribution in [-0.4, -0.2) is 41.9 Å². The molecule has 0 unspecified atom stereocenters. The predicted molar refractivity (Wildman–Crippen MR) is 103 cm³/mol. The molecule has 0 spiro atoms. The molecule has 2 aliphatic carbocycles. The molecule has 0 aliphatic heterocycles. The summed E-state index contributed by atoms with van der Waals surface area (Å²) >= 11 is 0. The number of hydrogen-bond acceptors (Lipinski definition) is 7. The summed E-state index contributed by atoms with van der Waals surface area (Å²) in [5, 5.41) is 19.7. The van der Waals surface area contributed by atoms with Crippen LogP contribution in [0.1, 0.15) is 56.1 Å². The second-order valence-corrected chi connectivity index (χ2v) is 7.92. The van der Waals surface area contributed by atoms with Gasteiger partial charge in [-0.25, -0.2) is 9.97 Å². The van der Waals surface area contributed by atoms with Gasteiger partial charge >= 0.3 is 6.18 Å². The molecule has 8 nitrogen and oxygen atoms in total. The Kier molecular flexibility index (Phi) is 4.67. The van der Waals surface area contributed by atoms with Crippen molar-refractivity contribution in [3.05, 3.63) is 36.0 Å². The quantitative estimate of drug-likeness (QED) is 0.653. The van der Waals surface area contributed by atoms with Crippen molar-refractivity contribution in [1.82, 2.24) is 29.8 Å². The summed E-state index contributed by atoms with van der Waals surface area (Å²) in [4.78, 5) is 6.89. The van der Waals surface area contributed by atoms with Crippen molar-refractivity contribution in [3.63, 3.8) is 0 Å². The summed E-state index contributed by atoms with van der Waals surface area (Å²) in [6, 6.07) is 5.62. The molecule has 3 aromatic rings. The minimum absolute atomic E-state index is 0.0776. The van der Waals surface area contributed by atoms with Crippen LogP contribution in [0, 0.1) is 0 Å². The molecule has 2 aliphatic rings. The Labute approximate surface area is 170 Å². The van der Waals surface area contributed by atoms with E-state index in [1.807, 2.05) is 16.6 Å². The summed E-state index contributed by atoms with van der Waals surface area (Å²) in [5.74, 6) is 1.25. The van der Waals surface area contributed by atoms with Gasteiger partial charge in [0.25, 0.3) is 0 Å². The molecule has 158 valence electrons. The van der Waals surface area contributed by atoms with Crippen molar-refractivity contribution in [2.45, 2.75) is 62.7 Å². The largest absolute Gasteiger partial charge is 0.451 e. The third-order valence-electron chi connectivity index (χ3n) is 5.57. The van der Waals surface area contributed by atoms with E-state index in [0.29, 0.717) is 5.92 Å². The van der Waals surface area contributed by atoms with Gasteiger partial charge in [0.1, 0.15) is 11.6 Å². The molecular weight excluding hydrogens is 397 g/mol. The highest BCUT2D eigenvalue weighted by molar-refractivity contribution is 5.45. The molecule has 0 aromatic carbocycles. The second kappa shape index (κ2) is 7.37. The number of nitrogens with one attached hydrogen (secondary N) is 2. The molecule has 11 heteroatoms. The summed E-state index contributed by atoms with van der Waals surface area (Å²) in [6.45, 7) is 0. The van der Waals surface area contributed by atoms with Crippen LogP contribution in [0.5, 0.6) is 0 Å². The Morgan fingerprint density at radius 2 is 1.57 bits per heavy atom. The number of halogens is 3. The Hall–Kier alpha value is -2.98. The Morgan fingerprint density at radius 3 is 2.23 bits per heavy atom. The third kappa shape index (κ3) is 4.01. The second-order valence-electron chi connectivity index (χ2n) is 7.92. The zero-order valence-electron chi connectivity index (χ0n) is 16.1. The van der Waals surface area contributed by atoms with Gasteiger partial charge in [0, 0.05) is 24.2 Å². The fourth-order valence-electron chi connectivity index (χ4n) is 3.85.